The molecule has 0 aliphatic heterocycles. The molecule has 3 rings (SSSR count). The van der Waals surface area contributed by atoms with Crippen molar-refractivity contribution in [2.75, 3.05) is 12.4 Å². The second kappa shape index (κ2) is 5.51. The van der Waals surface area contributed by atoms with Crippen molar-refractivity contribution in [1.29, 1.82) is 0 Å². The van der Waals surface area contributed by atoms with E-state index in [9.17, 15) is 0 Å². The summed E-state index contributed by atoms with van der Waals surface area (Å²) in [6.07, 6.45) is 5.30. The van der Waals surface area contributed by atoms with Gasteiger partial charge in [-0.3, -0.25) is 0 Å². The maximum atomic E-state index is 4.34. The lowest BCUT2D eigenvalue weighted by Crippen LogP contribution is -1.96. The van der Waals surface area contributed by atoms with Gasteiger partial charge in [0.1, 0.15) is 17.2 Å². The highest BCUT2D eigenvalue weighted by Gasteiger charge is 2.13. The van der Waals surface area contributed by atoms with Gasteiger partial charge >= 0.3 is 0 Å². The molecule has 0 saturated carbocycles. The number of anilines is 1. The van der Waals surface area contributed by atoms with Gasteiger partial charge in [0.2, 0.25) is 0 Å². The second-order valence-electron chi connectivity index (χ2n) is 4.48. The van der Waals surface area contributed by atoms with E-state index in [1.165, 1.54) is 35.3 Å². The van der Waals surface area contributed by atoms with Crippen LogP contribution >= 0.6 is 27.7 Å². The van der Waals surface area contributed by atoms with Crippen LogP contribution in [0.1, 0.15) is 17.5 Å². The van der Waals surface area contributed by atoms with Crippen LogP contribution in [0.3, 0.4) is 0 Å². The third-order valence-electron chi connectivity index (χ3n) is 3.28. The third kappa shape index (κ3) is 2.62. The molecule has 98 valence electrons. The number of rotatable bonds is 3. The van der Waals surface area contributed by atoms with Crippen LogP contribution in [-0.4, -0.2) is 17.0 Å². The van der Waals surface area contributed by atoms with Crippen LogP contribution in [0.2, 0.25) is 0 Å². The van der Waals surface area contributed by atoms with Crippen molar-refractivity contribution in [3.05, 3.63) is 40.1 Å². The summed E-state index contributed by atoms with van der Waals surface area (Å²) >= 11 is 5.22. The highest BCUT2D eigenvalue weighted by molar-refractivity contribution is 9.10. The molecule has 1 aliphatic carbocycles. The first kappa shape index (κ1) is 12.9. The summed E-state index contributed by atoms with van der Waals surface area (Å²) in [7, 11) is 1.86. The average Bonchev–Trinajstić information content (AvgIpc) is 2.88. The summed E-state index contributed by atoms with van der Waals surface area (Å²) in [6.45, 7) is 0. The number of benzene rings is 1. The molecule has 2 aromatic rings. The standard InChI is InChI=1S/C14H14BrN3S/c1-16-13-12(15)14(18-8-17-13)19-11-6-5-9-3-2-4-10(9)7-11/h5-8H,2-4H2,1H3,(H,16,17,18). The minimum atomic E-state index is 0.818. The van der Waals surface area contributed by atoms with Crippen molar-refractivity contribution in [3.63, 3.8) is 0 Å². The van der Waals surface area contributed by atoms with Gasteiger partial charge in [0.15, 0.2) is 0 Å². The molecule has 1 N–H and O–H groups in total. The third-order valence-corrected chi connectivity index (χ3v) is 5.28. The van der Waals surface area contributed by atoms with Gasteiger partial charge < -0.3 is 5.32 Å². The number of nitrogens with zero attached hydrogens (tertiary/aromatic N) is 2. The lowest BCUT2D eigenvalue weighted by atomic mass is 10.1. The number of aromatic nitrogens is 2. The minimum Gasteiger partial charge on any atom is -0.372 e. The van der Waals surface area contributed by atoms with E-state index in [1.54, 1.807) is 18.1 Å². The summed E-state index contributed by atoms with van der Waals surface area (Å²) in [6, 6.07) is 6.72. The van der Waals surface area contributed by atoms with Crippen LogP contribution in [-0.2, 0) is 12.8 Å². The van der Waals surface area contributed by atoms with E-state index >= 15 is 0 Å². The zero-order valence-electron chi connectivity index (χ0n) is 10.6. The van der Waals surface area contributed by atoms with E-state index in [4.69, 9.17) is 0 Å². The molecule has 0 unspecified atom stereocenters. The van der Waals surface area contributed by atoms with Gasteiger partial charge in [0, 0.05) is 11.9 Å². The topological polar surface area (TPSA) is 37.8 Å². The first-order chi connectivity index (χ1) is 9.28. The van der Waals surface area contributed by atoms with Crippen LogP contribution in [0.25, 0.3) is 0 Å². The van der Waals surface area contributed by atoms with E-state index in [2.05, 4.69) is 49.4 Å². The Morgan fingerprint density at radius 3 is 2.89 bits per heavy atom. The summed E-state index contributed by atoms with van der Waals surface area (Å²) in [5, 5.41) is 3.99. The second-order valence-corrected chi connectivity index (χ2v) is 6.33. The molecule has 1 aromatic heterocycles. The maximum absolute atomic E-state index is 4.34. The van der Waals surface area contributed by atoms with Crippen molar-refractivity contribution >= 4 is 33.5 Å². The smallest absolute Gasteiger partial charge is 0.144 e. The van der Waals surface area contributed by atoms with Crippen LogP contribution in [0.4, 0.5) is 5.82 Å². The molecule has 1 aromatic carbocycles. The van der Waals surface area contributed by atoms with Crippen LogP contribution in [0.5, 0.6) is 0 Å². The molecule has 1 heterocycles. The molecule has 0 bridgehead atoms. The molecule has 0 spiro atoms. The van der Waals surface area contributed by atoms with Gasteiger partial charge in [-0.1, -0.05) is 17.8 Å². The molecule has 5 heteroatoms. The fraction of sp³-hybridized carbons (Fsp3) is 0.286. The van der Waals surface area contributed by atoms with E-state index in [0.29, 0.717) is 0 Å². The largest absolute Gasteiger partial charge is 0.372 e. The molecule has 0 fully saturated rings. The van der Waals surface area contributed by atoms with Gasteiger partial charge in [-0.2, -0.15) is 0 Å². The fourth-order valence-corrected chi connectivity index (χ4v) is 3.81. The molecule has 1 aliphatic rings. The molecule has 3 nitrogen and oxygen atoms in total. The first-order valence-corrected chi connectivity index (χ1v) is 7.87. The minimum absolute atomic E-state index is 0.818. The Kier molecular flexibility index (Phi) is 3.75. The van der Waals surface area contributed by atoms with E-state index in [-0.39, 0.29) is 0 Å². The number of hydrogen-bond acceptors (Lipinski definition) is 4. The predicted octanol–water partition coefficient (Wildman–Crippen LogP) is 3.92. The molecule has 0 radical (unpaired) electrons. The Morgan fingerprint density at radius 2 is 2.05 bits per heavy atom. The summed E-state index contributed by atoms with van der Waals surface area (Å²) in [4.78, 5) is 9.75. The monoisotopic (exact) mass is 335 g/mol. The predicted molar refractivity (Wildman–Crippen MR) is 81.9 cm³/mol. The Labute approximate surface area is 125 Å². The van der Waals surface area contributed by atoms with Gasteiger partial charge in [0.25, 0.3) is 0 Å². The molecule has 0 saturated heterocycles. The number of hydrogen-bond donors (Lipinski definition) is 1. The van der Waals surface area contributed by atoms with Gasteiger partial charge in [-0.25, -0.2) is 9.97 Å². The lowest BCUT2D eigenvalue weighted by Gasteiger charge is -2.08. The van der Waals surface area contributed by atoms with E-state index in [1.807, 2.05) is 7.05 Å². The quantitative estimate of drug-likeness (QED) is 0.862. The molecule has 0 amide bonds. The SMILES string of the molecule is CNc1ncnc(Sc2ccc3c(c2)CCC3)c1Br. The van der Waals surface area contributed by atoms with Crippen LogP contribution < -0.4 is 5.32 Å². The van der Waals surface area contributed by atoms with Crippen molar-refractivity contribution in [2.45, 2.75) is 29.2 Å². The summed E-state index contributed by atoms with van der Waals surface area (Å²) in [5.74, 6) is 0.818. The highest BCUT2D eigenvalue weighted by atomic mass is 79.9. The van der Waals surface area contributed by atoms with Gasteiger partial charge in [0.05, 0.1) is 4.47 Å². The Morgan fingerprint density at radius 1 is 1.21 bits per heavy atom. The Balaban J connectivity index is 1.89. The van der Waals surface area contributed by atoms with Gasteiger partial charge in [-0.15, -0.1) is 0 Å². The van der Waals surface area contributed by atoms with Crippen LogP contribution in [0, 0.1) is 0 Å². The zero-order valence-corrected chi connectivity index (χ0v) is 13.0. The first-order valence-electron chi connectivity index (χ1n) is 6.26. The highest BCUT2D eigenvalue weighted by Crippen LogP contribution is 2.36. The normalized spacial score (nSPS) is 13.4. The number of fused-ring (bicyclic) bond motifs is 1. The number of nitrogens with one attached hydrogen (secondary N) is 1. The Hall–Kier alpha value is -1.07. The van der Waals surface area contributed by atoms with E-state index in [0.717, 1.165) is 15.3 Å². The van der Waals surface area contributed by atoms with E-state index < -0.39 is 0 Å². The fourth-order valence-electron chi connectivity index (χ4n) is 2.32. The van der Waals surface area contributed by atoms with Crippen molar-refractivity contribution in [1.82, 2.24) is 9.97 Å². The van der Waals surface area contributed by atoms with Crippen molar-refractivity contribution in [3.8, 4) is 0 Å². The van der Waals surface area contributed by atoms with Crippen molar-refractivity contribution < 1.29 is 0 Å². The number of halogens is 1. The summed E-state index contributed by atoms with van der Waals surface area (Å²) in [5.41, 5.74) is 2.99. The summed E-state index contributed by atoms with van der Waals surface area (Å²) < 4.78 is 0.919. The van der Waals surface area contributed by atoms with Gasteiger partial charge in [-0.05, 0) is 58.5 Å². The average molecular weight is 336 g/mol. The maximum Gasteiger partial charge on any atom is 0.144 e. The molecular weight excluding hydrogens is 322 g/mol. The number of aryl methyl sites for hydroxylation is 2. The molecule has 19 heavy (non-hydrogen) atoms. The lowest BCUT2D eigenvalue weighted by molar-refractivity contribution is 0.911. The molecule has 0 atom stereocenters. The van der Waals surface area contributed by atoms with Crippen LogP contribution in [0.15, 0.2) is 38.9 Å². The zero-order chi connectivity index (χ0) is 13.2. The van der Waals surface area contributed by atoms with Crippen molar-refractivity contribution in [2.24, 2.45) is 0 Å². The molecular formula is C14H14BrN3S. The Bertz CT molecular complexity index is 616.